The summed E-state index contributed by atoms with van der Waals surface area (Å²) in [5.74, 6) is 0.539. The first-order valence-corrected chi connectivity index (χ1v) is 7.18. The Morgan fingerprint density at radius 1 is 1.33 bits per heavy atom. The number of halogens is 2. The number of carbonyl (C=O) groups is 1. The van der Waals surface area contributed by atoms with Crippen LogP contribution in [0.2, 0.25) is 0 Å². The maximum Gasteiger partial charge on any atom is 0.227 e. The van der Waals surface area contributed by atoms with E-state index in [1.165, 1.54) is 0 Å². The summed E-state index contributed by atoms with van der Waals surface area (Å²) >= 11 is 3.41. The molecule has 114 valence electrons. The van der Waals surface area contributed by atoms with Crippen molar-refractivity contribution in [2.24, 2.45) is 0 Å². The molecule has 2 rings (SSSR count). The zero-order chi connectivity index (χ0) is 14.4. The zero-order valence-corrected chi connectivity index (χ0v) is 14.1. The van der Waals surface area contributed by atoms with Crippen molar-refractivity contribution in [3.8, 4) is 0 Å². The Hall–Kier alpha value is -1.37. The van der Waals surface area contributed by atoms with Crippen LogP contribution in [0.25, 0.3) is 0 Å². The molecule has 1 amide bonds. The van der Waals surface area contributed by atoms with Gasteiger partial charge in [-0.2, -0.15) is 0 Å². The van der Waals surface area contributed by atoms with Crippen LogP contribution in [0.15, 0.2) is 41.1 Å². The van der Waals surface area contributed by atoms with E-state index in [0.717, 1.165) is 10.0 Å². The van der Waals surface area contributed by atoms with Gasteiger partial charge in [0.2, 0.25) is 11.9 Å². The molecule has 5 nitrogen and oxygen atoms in total. The van der Waals surface area contributed by atoms with Crippen LogP contribution in [-0.4, -0.2) is 29.1 Å². The molecule has 1 heterocycles. The molecule has 0 aliphatic rings. The van der Waals surface area contributed by atoms with Crippen LogP contribution in [0.5, 0.6) is 0 Å². The molecule has 0 bridgehead atoms. The minimum Gasteiger partial charge on any atom is -0.319 e. The van der Waals surface area contributed by atoms with E-state index in [4.69, 9.17) is 0 Å². The number of benzene rings is 1. The van der Waals surface area contributed by atoms with Crippen molar-refractivity contribution in [3.63, 3.8) is 0 Å². The molecular formula is C14H18BrClN4O. The first-order valence-electron chi connectivity index (χ1n) is 6.39. The average molecular weight is 374 g/mol. The SMILES string of the molecule is CNCCC(=O)Nc1nccn1Cc1ccc(Br)cc1.Cl. The highest BCUT2D eigenvalue weighted by Gasteiger charge is 2.07. The summed E-state index contributed by atoms with van der Waals surface area (Å²) < 4.78 is 2.97. The average Bonchev–Trinajstić information content (AvgIpc) is 2.86. The van der Waals surface area contributed by atoms with Crippen molar-refractivity contribution in [1.82, 2.24) is 14.9 Å². The number of amides is 1. The van der Waals surface area contributed by atoms with Crippen LogP contribution in [0.4, 0.5) is 5.95 Å². The fraction of sp³-hybridized carbons (Fsp3) is 0.286. The van der Waals surface area contributed by atoms with E-state index in [9.17, 15) is 4.79 Å². The fourth-order valence-corrected chi connectivity index (χ4v) is 2.04. The Bertz CT molecular complexity index is 571. The molecule has 1 aromatic carbocycles. The second kappa shape index (κ2) is 8.81. The van der Waals surface area contributed by atoms with Crippen LogP contribution in [0.3, 0.4) is 0 Å². The summed E-state index contributed by atoms with van der Waals surface area (Å²) in [7, 11) is 1.82. The summed E-state index contributed by atoms with van der Waals surface area (Å²) in [6, 6.07) is 8.07. The van der Waals surface area contributed by atoms with E-state index in [0.29, 0.717) is 25.5 Å². The summed E-state index contributed by atoms with van der Waals surface area (Å²) in [5, 5.41) is 5.77. The molecule has 0 aliphatic heterocycles. The van der Waals surface area contributed by atoms with E-state index >= 15 is 0 Å². The number of hydrogen-bond donors (Lipinski definition) is 2. The van der Waals surface area contributed by atoms with Gasteiger partial charge in [-0.15, -0.1) is 12.4 Å². The number of nitrogens with zero attached hydrogens (tertiary/aromatic N) is 2. The van der Waals surface area contributed by atoms with Gasteiger partial charge in [0.15, 0.2) is 0 Å². The number of nitrogens with one attached hydrogen (secondary N) is 2. The summed E-state index contributed by atoms with van der Waals surface area (Å²) in [6.45, 7) is 1.33. The van der Waals surface area contributed by atoms with Gasteiger partial charge in [-0.1, -0.05) is 28.1 Å². The number of hydrogen-bond acceptors (Lipinski definition) is 3. The number of aromatic nitrogens is 2. The van der Waals surface area contributed by atoms with Gasteiger partial charge in [-0.25, -0.2) is 4.98 Å². The quantitative estimate of drug-likeness (QED) is 0.818. The molecule has 1 aromatic heterocycles. The van der Waals surface area contributed by atoms with Gasteiger partial charge >= 0.3 is 0 Å². The second-order valence-electron chi connectivity index (χ2n) is 4.41. The van der Waals surface area contributed by atoms with E-state index in [1.54, 1.807) is 6.20 Å². The highest BCUT2D eigenvalue weighted by atomic mass is 79.9. The molecule has 0 fully saturated rings. The molecule has 0 saturated carbocycles. The normalized spacial score (nSPS) is 10.0. The first-order chi connectivity index (χ1) is 9.69. The van der Waals surface area contributed by atoms with Crippen molar-refractivity contribution < 1.29 is 4.79 Å². The van der Waals surface area contributed by atoms with Gasteiger partial charge in [0, 0.05) is 29.8 Å². The molecule has 0 atom stereocenters. The van der Waals surface area contributed by atoms with E-state index in [2.05, 4.69) is 31.5 Å². The molecule has 0 aliphatic carbocycles. The van der Waals surface area contributed by atoms with Gasteiger partial charge in [0.1, 0.15) is 0 Å². The standard InChI is InChI=1S/C14H17BrN4O.ClH/c1-16-7-6-13(20)18-14-17-8-9-19(14)10-11-2-4-12(15)5-3-11;/h2-5,8-9,16H,6-7,10H2,1H3,(H,17,18,20);1H. The molecule has 0 radical (unpaired) electrons. The van der Waals surface area contributed by atoms with Crippen molar-refractivity contribution >= 4 is 40.2 Å². The minimum atomic E-state index is -0.0393. The smallest absolute Gasteiger partial charge is 0.227 e. The Morgan fingerprint density at radius 3 is 2.71 bits per heavy atom. The van der Waals surface area contributed by atoms with E-state index in [1.807, 2.05) is 42.1 Å². The van der Waals surface area contributed by atoms with Crippen molar-refractivity contribution in [1.29, 1.82) is 0 Å². The third-order valence-corrected chi connectivity index (χ3v) is 3.36. The van der Waals surface area contributed by atoms with Crippen LogP contribution in [-0.2, 0) is 11.3 Å². The highest BCUT2D eigenvalue weighted by molar-refractivity contribution is 9.10. The minimum absolute atomic E-state index is 0. The van der Waals surface area contributed by atoms with Gasteiger partial charge in [0.05, 0.1) is 6.54 Å². The van der Waals surface area contributed by atoms with Gasteiger partial charge in [0.25, 0.3) is 0 Å². The van der Waals surface area contributed by atoms with Crippen molar-refractivity contribution in [3.05, 3.63) is 46.7 Å². The number of rotatable bonds is 6. The number of imidazole rings is 1. The molecule has 2 aromatic rings. The summed E-state index contributed by atoms with van der Waals surface area (Å²) in [6.07, 6.45) is 3.98. The maximum absolute atomic E-state index is 11.7. The molecule has 21 heavy (non-hydrogen) atoms. The zero-order valence-electron chi connectivity index (χ0n) is 11.7. The third kappa shape index (κ3) is 5.49. The molecule has 7 heteroatoms. The predicted molar refractivity (Wildman–Crippen MR) is 89.9 cm³/mol. The molecule has 0 unspecified atom stereocenters. The third-order valence-electron chi connectivity index (χ3n) is 2.83. The Labute approximate surface area is 138 Å². The van der Waals surface area contributed by atoms with Gasteiger partial charge < -0.3 is 9.88 Å². The predicted octanol–water partition coefficient (Wildman–Crippen LogP) is 2.66. The monoisotopic (exact) mass is 372 g/mol. The Kier molecular flexibility index (Phi) is 7.42. The topological polar surface area (TPSA) is 59.0 Å². The summed E-state index contributed by atoms with van der Waals surface area (Å²) in [4.78, 5) is 15.9. The van der Waals surface area contributed by atoms with Crippen molar-refractivity contribution in [2.45, 2.75) is 13.0 Å². The van der Waals surface area contributed by atoms with E-state index < -0.39 is 0 Å². The molecule has 0 saturated heterocycles. The molecular weight excluding hydrogens is 356 g/mol. The maximum atomic E-state index is 11.7. The van der Waals surface area contributed by atoms with Gasteiger partial charge in [-0.05, 0) is 24.7 Å². The lowest BCUT2D eigenvalue weighted by molar-refractivity contribution is -0.116. The molecule has 2 N–H and O–H groups in total. The largest absolute Gasteiger partial charge is 0.319 e. The number of carbonyl (C=O) groups excluding carboxylic acids is 1. The van der Waals surface area contributed by atoms with Crippen LogP contribution < -0.4 is 10.6 Å². The van der Waals surface area contributed by atoms with Crippen LogP contribution in [0.1, 0.15) is 12.0 Å². The van der Waals surface area contributed by atoms with E-state index in [-0.39, 0.29) is 18.3 Å². The first kappa shape index (κ1) is 17.7. The lowest BCUT2D eigenvalue weighted by atomic mass is 10.2. The highest BCUT2D eigenvalue weighted by Crippen LogP contribution is 2.13. The lowest BCUT2D eigenvalue weighted by Crippen LogP contribution is -2.20. The fourth-order valence-electron chi connectivity index (χ4n) is 1.77. The second-order valence-corrected chi connectivity index (χ2v) is 5.32. The lowest BCUT2D eigenvalue weighted by Gasteiger charge is -2.09. The van der Waals surface area contributed by atoms with Crippen LogP contribution >= 0.6 is 28.3 Å². The number of anilines is 1. The Morgan fingerprint density at radius 2 is 2.05 bits per heavy atom. The van der Waals surface area contributed by atoms with Gasteiger partial charge in [-0.3, -0.25) is 10.1 Å². The molecule has 0 spiro atoms. The Balaban J connectivity index is 0.00000220. The summed E-state index contributed by atoms with van der Waals surface area (Å²) in [5.41, 5.74) is 1.15. The van der Waals surface area contributed by atoms with Crippen molar-refractivity contribution in [2.75, 3.05) is 18.9 Å². The van der Waals surface area contributed by atoms with Crippen LogP contribution in [0, 0.1) is 0 Å².